The van der Waals surface area contributed by atoms with E-state index in [-0.39, 0.29) is 22.5 Å². The molecule has 0 unspecified atom stereocenters. The molecule has 2 atom stereocenters. The van der Waals surface area contributed by atoms with Crippen LogP contribution in [0.25, 0.3) is 0 Å². The second-order valence-electron chi connectivity index (χ2n) is 7.81. The third-order valence-corrected chi connectivity index (χ3v) is 6.71. The zero-order valence-corrected chi connectivity index (χ0v) is 14.0. The lowest BCUT2D eigenvalue weighted by atomic mass is 9.64. The molecule has 1 aromatic carbocycles. The first kappa shape index (κ1) is 15.3. The number of Topliss-reactive ketones (excluding diaryl/α,β-unsaturated/α-hetero) is 1. The van der Waals surface area contributed by atoms with E-state index in [0.717, 1.165) is 18.4 Å². The number of ketones is 1. The Morgan fingerprint density at radius 2 is 1.77 bits per heavy atom. The van der Waals surface area contributed by atoms with E-state index in [1.54, 1.807) is 0 Å². The fraction of sp³-hybridized carbons (Fsp3) is 0.579. The van der Waals surface area contributed by atoms with Crippen LogP contribution in [0.3, 0.4) is 0 Å². The zero-order valence-electron chi connectivity index (χ0n) is 14.0. The van der Waals surface area contributed by atoms with E-state index in [0.29, 0.717) is 13.0 Å². The van der Waals surface area contributed by atoms with E-state index in [2.05, 4.69) is 31.3 Å². The molecule has 1 amide bonds. The van der Waals surface area contributed by atoms with Crippen LogP contribution in [0.5, 0.6) is 0 Å². The van der Waals surface area contributed by atoms with Crippen LogP contribution >= 0.6 is 0 Å². The predicted octanol–water partition coefficient (Wildman–Crippen LogP) is 3.40. The van der Waals surface area contributed by atoms with Crippen LogP contribution in [0.4, 0.5) is 0 Å². The van der Waals surface area contributed by atoms with Gasteiger partial charge >= 0.3 is 0 Å². The van der Waals surface area contributed by atoms with Gasteiger partial charge in [0.2, 0.25) is 5.91 Å². The molecule has 3 nitrogen and oxygen atoms in total. The predicted molar refractivity (Wildman–Crippen MR) is 86.2 cm³/mol. The van der Waals surface area contributed by atoms with Gasteiger partial charge < -0.3 is 5.32 Å². The minimum atomic E-state index is -0.524. The average Bonchev–Trinajstić information content (AvgIpc) is 2.77. The maximum atomic E-state index is 12.9. The third kappa shape index (κ3) is 1.81. The van der Waals surface area contributed by atoms with Gasteiger partial charge in [-0.15, -0.1) is 0 Å². The van der Waals surface area contributed by atoms with Crippen molar-refractivity contribution in [2.75, 3.05) is 0 Å². The molecule has 118 valence electrons. The lowest BCUT2D eigenvalue weighted by Gasteiger charge is -2.38. The van der Waals surface area contributed by atoms with Crippen molar-refractivity contribution in [3.8, 4) is 0 Å². The second kappa shape index (κ2) is 4.68. The fourth-order valence-corrected chi connectivity index (χ4v) is 4.42. The van der Waals surface area contributed by atoms with Crippen molar-refractivity contribution in [1.29, 1.82) is 0 Å². The van der Waals surface area contributed by atoms with Gasteiger partial charge in [-0.05, 0) is 30.7 Å². The molecule has 2 aliphatic carbocycles. The molecule has 0 aromatic heterocycles. The van der Waals surface area contributed by atoms with Crippen LogP contribution in [0.1, 0.15) is 51.2 Å². The molecule has 0 saturated heterocycles. The molecule has 3 heteroatoms. The lowest BCUT2D eigenvalue weighted by Crippen LogP contribution is -2.46. The summed E-state index contributed by atoms with van der Waals surface area (Å²) in [5.41, 5.74) is 1.17. The Balaban J connectivity index is 1.78. The van der Waals surface area contributed by atoms with Crippen molar-refractivity contribution in [3.05, 3.63) is 35.4 Å². The van der Waals surface area contributed by atoms with Gasteiger partial charge in [0.05, 0.1) is 5.41 Å². The highest BCUT2D eigenvalue weighted by Gasteiger charge is 2.72. The summed E-state index contributed by atoms with van der Waals surface area (Å²) in [4.78, 5) is 25.3. The van der Waals surface area contributed by atoms with E-state index in [4.69, 9.17) is 0 Å². The molecule has 3 rings (SSSR count). The van der Waals surface area contributed by atoms with Crippen molar-refractivity contribution < 1.29 is 9.59 Å². The van der Waals surface area contributed by atoms with Crippen LogP contribution in [0.2, 0.25) is 0 Å². The van der Waals surface area contributed by atoms with Crippen molar-refractivity contribution in [2.45, 2.75) is 53.5 Å². The summed E-state index contributed by atoms with van der Waals surface area (Å²) in [6.07, 6.45) is 2.05. The van der Waals surface area contributed by atoms with E-state index in [9.17, 15) is 9.59 Å². The molecule has 0 aliphatic heterocycles. The van der Waals surface area contributed by atoms with E-state index in [1.807, 2.05) is 26.0 Å². The first-order valence-corrected chi connectivity index (χ1v) is 8.10. The number of hydrogen-bond donors (Lipinski definition) is 1. The van der Waals surface area contributed by atoms with Crippen LogP contribution in [0, 0.1) is 23.2 Å². The summed E-state index contributed by atoms with van der Waals surface area (Å²) < 4.78 is 0. The zero-order chi connectivity index (χ0) is 16.2. The molecule has 0 spiro atoms. The number of rotatable bonds is 3. The van der Waals surface area contributed by atoms with Crippen molar-refractivity contribution in [1.82, 2.24) is 5.32 Å². The number of nitrogens with one attached hydrogen (secondary N) is 1. The van der Waals surface area contributed by atoms with Crippen molar-refractivity contribution in [3.63, 3.8) is 0 Å². The topological polar surface area (TPSA) is 46.2 Å². The highest BCUT2D eigenvalue weighted by atomic mass is 16.2. The lowest BCUT2D eigenvalue weighted by molar-refractivity contribution is -0.136. The summed E-state index contributed by atoms with van der Waals surface area (Å²) in [5.74, 6) is 0.307. The van der Waals surface area contributed by atoms with Crippen LogP contribution in [-0.4, -0.2) is 11.7 Å². The van der Waals surface area contributed by atoms with Crippen LogP contribution in [-0.2, 0) is 16.1 Å². The minimum Gasteiger partial charge on any atom is -0.352 e. The molecule has 2 saturated carbocycles. The van der Waals surface area contributed by atoms with E-state index in [1.165, 1.54) is 5.56 Å². The molecule has 1 N–H and O–H groups in total. The van der Waals surface area contributed by atoms with E-state index < -0.39 is 5.41 Å². The first-order valence-electron chi connectivity index (χ1n) is 8.10. The number of hydrogen-bond acceptors (Lipinski definition) is 2. The molecule has 2 aliphatic rings. The van der Waals surface area contributed by atoms with Gasteiger partial charge in [0, 0.05) is 18.4 Å². The van der Waals surface area contributed by atoms with Gasteiger partial charge in [0.25, 0.3) is 0 Å². The smallest absolute Gasteiger partial charge is 0.227 e. The molecular weight excluding hydrogens is 274 g/mol. The van der Waals surface area contributed by atoms with Gasteiger partial charge in [-0.25, -0.2) is 0 Å². The normalized spacial score (nSPS) is 32.3. The number of carbonyl (C=O) groups is 2. The van der Waals surface area contributed by atoms with Gasteiger partial charge in [-0.2, -0.15) is 0 Å². The van der Waals surface area contributed by atoms with Gasteiger partial charge in [-0.3, -0.25) is 9.59 Å². The molecule has 0 radical (unpaired) electrons. The Hall–Kier alpha value is -1.64. The van der Waals surface area contributed by atoms with Gasteiger partial charge in [0.1, 0.15) is 5.78 Å². The first-order chi connectivity index (χ1) is 10.2. The van der Waals surface area contributed by atoms with Crippen molar-refractivity contribution in [2.24, 2.45) is 16.2 Å². The SMILES string of the molecule is Cc1ccc(CNC(=O)[C@]23CC[C@](C)(C(=O)C2)C3(C)C)cc1. The van der Waals surface area contributed by atoms with E-state index >= 15 is 0 Å². The Kier molecular flexibility index (Phi) is 3.24. The van der Waals surface area contributed by atoms with Crippen molar-refractivity contribution >= 4 is 11.7 Å². The number of benzene rings is 1. The number of amides is 1. The Morgan fingerprint density at radius 1 is 1.14 bits per heavy atom. The maximum Gasteiger partial charge on any atom is 0.227 e. The molecule has 2 fully saturated rings. The maximum absolute atomic E-state index is 12.9. The standard InChI is InChI=1S/C19H25NO2/c1-13-5-7-14(8-6-13)12-20-16(22)19-10-9-18(4,15(21)11-19)17(19,2)3/h5-8H,9-12H2,1-4H3,(H,20,22)/t18-,19+/m1/s1. The molecule has 1 aromatic rings. The fourth-order valence-electron chi connectivity index (χ4n) is 4.42. The molecular formula is C19H25NO2. The van der Waals surface area contributed by atoms with Gasteiger partial charge in [0.15, 0.2) is 0 Å². The summed E-state index contributed by atoms with van der Waals surface area (Å²) in [6.45, 7) is 8.80. The summed E-state index contributed by atoms with van der Waals surface area (Å²) in [5, 5.41) is 3.08. The Morgan fingerprint density at radius 3 is 2.27 bits per heavy atom. The highest BCUT2D eigenvalue weighted by molar-refractivity contribution is 5.99. The monoisotopic (exact) mass is 299 g/mol. The third-order valence-electron chi connectivity index (χ3n) is 6.71. The largest absolute Gasteiger partial charge is 0.352 e. The quantitative estimate of drug-likeness (QED) is 0.930. The Bertz CT molecular complexity index is 631. The highest BCUT2D eigenvalue weighted by Crippen LogP contribution is 2.70. The average molecular weight is 299 g/mol. The summed E-state index contributed by atoms with van der Waals surface area (Å²) in [7, 11) is 0. The molecule has 2 bridgehead atoms. The molecule has 22 heavy (non-hydrogen) atoms. The van der Waals surface area contributed by atoms with Gasteiger partial charge in [-0.1, -0.05) is 50.6 Å². The minimum absolute atomic E-state index is 0.0488. The number of aryl methyl sites for hydroxylation is 1. The number of carbonyl (C=O) groups excluding carboxylic acids is 2. The number of fused-ring (bicyclic) bond motifs is 2. The Labute approximate surface area is 132 Å². The molecule has 0 heterocycles. The van der Waals surface area contributed by atoms with Crippen LogP contribution < -0.4 is 5.32 Å². The second-order valence-corrected chi connectivity index (χ2v) is 7.81. The van der Waals surface area contributed by atoms with Crippen LogP contribution in [0.15, 0.2) is 24.3 Å². The summed E-state index contributed by atoms with van der Waals surface area (Å²) >= 11 is 0. The summed E-state index contributed by atoms with van der Waals surface area (Å²) in [6, 6.07) is 8.18.